The molecule has 0 unspecified atom stereocenters. The SMILES string of the molecule is CCOc1ccc(-n2nc(CCCN[C@@H]3Cn4c(=O)cnc5ccc(F)c3c54)oc2=O)cc1. The van der Waals surface area contributed by atoms with Crippen LogP contribution in [-0.2, 0) is 13.0 Å². The van der Waals surface area contributed by atoms with Crippen molar-refractivity contribution in [2.45, 2.75) is 32.4 Å². The van der Waals surface area contributed by atoms with Gasteiger partial charge in [-0.05, 0) is 56.3 Å². The molecule has 1 aliphatic heterocycles. The summed E-state index contributed by atoms with van der Waals surface area (Å²) in [4.78, 5) is 28.5. The molecule has 2 aromatic heterocycles. The Morgan fingerprint density at radius 1 is 1.21 bits per heavy atom. The summed E-state index contributed by atoms with van der Waals surface area (Å²) in [6.45, 7) is 3.33. The third kappa shape index (κ3) is 3.93. The van der Waals surface area contributed by atoms with Gasteiger partial charge in [0, 0.05) is 18.5 Å². The third-order valence-corrected chi connectivity index (χ3v) is 5.65. The Hall–Kier alpha value is -3.79. The number of halogens is 1. The van der Waals surface area contributed by atoms with Gasteiger partial charge in [0.2, 0.25) is 5.89 Å². The number of aryl methyl sites for hydroxylation is 1. The largest absolute Gasteiger partial charge is 0.494 e. The van der Waals surface area contributed by atoms with E-state index in [0.29, 0.717) is 66.5 Å². The number of nitrogens with one attached hydrogen (secondary N) is 1. The lowest BCUT2D eigenvalue weighted by Crippen LogP contribution is -2.26. The van der Waals surface area contributed by atoms with Gasteiger partial charge in [-0.25, -0.2) is 14.2 Å². The van der Waals surface area contributed by atoms with E-state index in [4.69, 9.17) is 9.15 Å². The van der Waals surface area contributed by atoms with E-state index in [9.17, 15) is 14.0 Å². The zero-order chi connectivity index (χ0) is 22.9. The first kappa shape index (κ1) is 21.1. The summed E-state index contributed by atoms with van der Waals surface area (Å²) in [6.07, 6.45) is 2.30. The van der Waals surface area contributed by atoms with Crippen molar-refractivity contribution in [2.75, 3.05) is 13.2 Å². The van der Waals surface area contributed by atoms with Crippen molar-refractivity contribution in [2.24, 2.45) is 0 Å². The topological polar surface area (TPSA) is 104 Å². The molecule has 0 bridgehead atoms. The van der Waals surface area contributed by atoms with Crippen molar-refractivity contribution < 1.29 is 13.5 Å². The molecule has 2 aromatic carbocycles. The molecule has 0 amide bonds. The molecule has 5 rings (SSSR count). The molecule has 170 valence electrons. The number of ether oxygens (including phenoxy) is 1. The van der Waals surface area contributed by atoms with Crippen molar-refractivity contribution >= 4 is 11.0 Å². The van der Waals surface area contributed by atoms with Crippen molar-refractivity contribution in [1.82, 2.24) is 24.6 Å². The molecule has 33 heavy (non-hydrogen) atoms. The van der Waals surface area contributed by atoms with E-state index in [1.54, 1.807) is 34.9 Å². The van der Waals surface area contributed by atoms with Gasteiger partial charge in [-0.1, -0.05) is 0 Å². The average molecular weight is 451 g/mol. The van der Waals surface area contributed by atoms with Crippen molar-refractivity contribution in [3.05, 3.63) is 80.8 Å². The number of benzene rings is 2. The summed E-state index contributed by atoms with van der Waals surface area (Å²) < 4.78 is 28.0. The van der Waals surface area contributed by atoms with Crippen LogP contribution >= 0.6 is 0 Å². The molecule has 3 heterocycles. The van der Waals surface area contributed by atoms with Gasteiger partial charge in [0.15, 0.2) is 0 Å². The Bertz CT molecular complexity index is 1420. The van der Waals surface area contributed by atoms with E-state index < -0.39 is 5.76 Å². The van der Waals surface area contributed by atoms with Crippen LogP contribution < -0.4 is 21.4 Å². The van der Waals surface area contributed by atoms with E-state index >= 15 is 0 Å². The highest BCUT2D eigenvalue weighted by Crippen LogP contribution is 2.32. The molecule has 0 saturated carbocycles. The Labute approximate surface area is 187 Å². The fourth-order valence-electron chi connectivity index (χ4n) is 4.16. The molecule has 0 aliphatic carbocycles. The van der Waals surface area contributed by atoms with Gasteiger partial charge in [-0.15, -0.1) is 5.10 Å². The maximum Gasteiger partial charge on any atom is 0.441 e. The first-order valence-corrected chi connectivity index (χ1v) is 10.8. The highest BCUT2D eigenvalue weighted by molar-refractivity contribution is 5.80. The average Bonchev–Trinajstić information content (AvgIpc) is 3.38. The summed E-state index contributed by atoms with van der Waals surface area (Å²) in [7, 11) is 0. The number of nitrogens with zero attached hydrogens (tertiary/aromatic N) is 4. The minimum absolute atomic E-state index is 0.250. The summed E-state index contributed by atoms with van der Waals surface area (Å²) in [5.74, 6) is 0.107. The molecule has 0 saturated heterocycles. The van der Waals surface area contributed by atoms with Crippen LogP contribution in [0.15, 0.2) is 56.6 Å². The second-order valence-electron chi connectivity index (χ2n) is 7.75. The Kier molecular flexibility index (Phi) is 5.51. The number of hydrogen-bond donors (Lipinski definition) is 1. The zero-order valence-corrected chi connectivity index (χ0v) is 18.0. The van der Waals surface area contributed by atoms with Gasteiger partial charge in [0.1, 0.15) is 11.6 Å². The first-order chi connectivity index (χ1) is 16.0. The van der Waals surface area contributed by atoms with E-state index in [-0.39, 0.29) is 17.4 Å². The van der Waals surface area contributed by atoms with Crippen LogP contribution in [-0.4, -0.2) is 32.5 Å². The van der Waals surface area contributed by atoms with Crippen LogP contribution in [0.1, 0.15) is 30.8 Å². The predicted molar refractivity (Wildman–Crippen MR) is 118 cm³/mol. The van der Waals surface area contributed by atoms with Gasteiger partial charge in [0.05, 0.1) is 35.6 Å². The molecule has 10 heteroatoms. The van der Waals surface area contributed by atoms with E-state index in [2.05, 4.69) is 15.4 Å². The van der Waals surface area contributed by atoms with Crippen LogP contribution in [0.2, 0.25) is 0 Å². The lowest BCUT2D eigenvalue weighted by Gasteiger charge is -2.13. The van der Waals surface area contributed by atoms with Gasteiger partial charge < -0.3 is 19.0 Å². The monoisotopic (exact) mass is 451 g/mol. The van der Waals surface area contributed by atoms with Crippen LogP contribution in [0, 0.1) is 5.82 Å². The maximum atomic E-state index is 14.5. The molecular weight excluding hydrogens is 429 g/mol. The smallest absolute Gasteiger partial charge is 0.441 e. The first-order valence-electron chi connectivity index (χ1n) is 10.8. The summed E-state index contributed by atoms with van der Waals surface area (Å²) in [5, 5.41) is 7.57. The van der Waals surface area contributed by atoms with Crippen LogP contribution in [0.25, 0.3) is 16.7 Å². The second kappa shape index (κ2) is 8.62. The zero-order valence-electron chi connectivity index (χ0n) is 18.0. The number of aromatic nitrogens is 4. The molecule has 0 radical (unpaired) electrons. The third-order valence-electron chi connectivity index (χ3n) is 5.65. The van der Waals surface area contributed by atoms with Crippen molar-refractivity contribution in [1.29, 1.82) is 0 Å². The quantitative estimate of drug-likeness (QED) is 0.410. The van der Waals surface area contributed by atoms with Crippen molar-refractivity contribution in [3.8, 4) is 11.4 Å². The highest BCUT2D eigenvalue weighted by atomic mass is 19.1. The summed E-state index contributed by atoms with van der Waals surface area (Å²) >= 11 is 0. The minimum Gasteiger partial charge on any atom is -0.494 e. The molecule has 1 N–H and O–H groups in total. The Morgan fingerprint density at radius 3 is 2.82 bits per heavy atom. The number of rotatable bonds is 8. The fourth-order valence-corrected chi connectivity index (χ4v) is 4.16. The molecule has 0 fully saturated rings. The lowest BCUT2D eigenvalue weighted by molar-refractivity contribution is 0.340. The summed E-state index contributed by atoms with van der Waals surface area (Å²) in [5.41, 5.74) is 1.93. The lowest BCUT2D eigenvalue weighted by atomic mass is 10.1. The van der Waals surface area contributed by atoms with Crippen molar-refractivity contribution in [3.63, 3.8) is 0 Å². The standard InChI is InChI=1S/C23H22FN5O4/c1-2-32-15-7-5-14(6-8-15)29-23(31)33-19(27-29)4-3-11-25-18-13-28-20(30)12-26-17-10-9-16(24)21(18)22(17)28/h5-10,12,18,25H,2-4,11,13H2,1H3/t18-/m1/s1. The van der Waals surface area contributed by atoms with Gasteiger partial charge in [-0.3, -0.25) is 4.79 Å². The van der Waals surface area contributed by atoms with Gasteiger partial charge in [-0.2, -0.15) is 4.68 Å². The molecule has 1 aliphatic rings. The van der Waals surface area contributed by atoms with Gasteiger partial charge >= 0.3 is 5.76 Å². The Morgan fingerprint density at radius 2 is 2.03 bits per heavy atom. The van der Waals surface area contributed by atoms with Crippen LogP contribution in [0.4, 0.5) is 4.39 Å². The molecule has 1 atom stereocenters. The predicted octanol–water partition coefficient (Wildman–Crippen LogP) is 2.35. The summed E-state index contributed by atoms with van der Waals surface area (Å²) in [6, 6.07) is 9.64. The van der Waals surface area contributed by atoms with Crippen LogP contribution in [0.5, 0.6) is 5.75 Å². The highest BCUT2D eigenvalue weighted by Gasteiger charge is 2.28. The maximum absolute atomic E-state index is 14.5. The van der Waals surface area contributed by atoms with E-state index in [0.717, 1.165) is 0 Å². The van der Waals surface area contributed by atoms with E-state index in [1.165, 1.54) is 16.9 Å². The molecule has 9 nitrogen and oxygen atoms in total. The fraction of sp³-hybridized carbons (Fsp3) is 0.304. The number of hydrogen-bond acceptors (Lipinski definition) is 7. The molecular formula is C23H22FN5O4. The second-order valence-corrected chi connectivity index (χ2v) is 7.75. The normalized spacial score (nSPS) is 14.8. The minimum atomic E-state index is -0.561. The van der Waals surface area contributed by atoms with Gasteiger partial charge in [0.25, 0.3) is 5.56 Å². The molecule has 0 spiro atoms. The molecule has 4 aromatic rings. The van der Waals surface area contributed by atoms with E-state index in [1.807, 2.05) is 6.92 Å². The van der Waals surface area contributed by atoms with Crippen LogP contribution in [0.3, 0.4) is 0 Å². The Balaban J connectivity index is 1.23.